The SMILES string of the molecule is CNCCCNC(=O)C(C)Cc1ccc(Cl)cc1Cl. The molecule has 0 radical (unpaired) electrons. The van der Waals surface area contributed by atoms with Gasteiger partial charge in [0.2, 0.25) is 5.91 Å². The van der Waals surface area contributed by atoms with Gasteiger partial charge in [0.25, 0.3) is 0 Å². The summed E-state index contributed by atoms with van der Waals surface area (Å²) in [6.07, 6.45) is 1.55. The largest absolute Gasteiger partial charge is 0.356 e. The monoisotopic (exact) mass is 302 g/mol. The van der Waals surface area contributed by atoms with Crippen LogP contribution in [0.15, 0.2) is 18.2 Å². The molecule has 1 aromatic rings. The van der Waals surface area contributed by atoms with Gasteiger partial charge in [0, 0.05) is 22.5 Å². The summed E-state index contributed by atoms with van der Waals surface area (Å²) >= 11 is 11.9. The average Bonchev–Trinajstić information content (AvgIpc) is 2.37. The molecule has 1 unspecified atom stereocenters. The van der Waals surface area contributed by atoms with Crippen molar-refractivity contribution in [2.45, 2.75) is 19.8 Å². The third kappa shape index (κ3) is 5.81. The Bertz CT molecular complexity index is 424. The number of hydrogen-bond acceptors (Lipinski definition) is 2. The summed E-state index contributed by atoms with van der Waals surface area (Å²) in [5.74, 6) is -0.0459. The summed E-state index contributed by atoms with van der Waals surface area (Å²) in [5.41, 5.74) is 0.948. The van der Waals surface area contributed by atoms with E-state index in [1.165, 1.54) is 0 Å². The lowest BCUT2D eigenvalue weighted by Gasteiger charge is -2.13. The molecule has 0 spiro atoms. The van der Waals surface area contributed by atoms with Gasteiger partial charge in [-0.3, -0.25) is 4.79 Å². The second kappa shape index (κ2) is 8.41. The molecule has 1 atom stereocenters. The van der Waals surface area contributed by atoms with Gasteiger partial charge in [-0.2, -0.15) is 0 Å². The van der Waals surface area contributed by atoms with E-state index in [0.29, 0.717) is 23.0 Å². The Kier molecular flexibility index (Phi) is 7.21. The minimum Gasteiger partial charge on any atom is -0.356 e. The van der Waals surface area contributed by atoms with Crippen LogP contribution in [0.4, 0.5) is 0 Å². The van der Waals surface area contributed by atoms with Crippen molar-refractivity contribution in [1.82, 2.24) is 10.6 Å². The van der Waals surface area contributed by atoms with Crippen LogP contribution in [0, 0.1) is 5.92 Å². The molecular weight excluding hydrogens is 283 g/mol. The molecule has 0 saturated heterocycles. The lowest BCUT2D eigenvalue weighted by Crippen LogP contribution is -2.32. The fourth-order valence-corrected chi connectivity index (χ4v) is 2.25. The van der Waals surface area contributed by atoms with Crippen molar-refractivity contribution < 1.29 is 4.79 Å². The zero-order valence-electron chi connectivity index (χ0n) is 11.3. The predicted octanol–water partition coefficient (Wildman–Crippen LogP) is 2.90. The molecule has 3 nitrogen and oxygen atoms in total. The highest BCUT2D eigenvalue weighted by molar-refractivity contribution is 6.35. The Morgan fingerprint density at radius 1 is 1.32 bits per heavy atom. The normalized spacial score (nSPS) is 12.2. The molecule has 0 saturated carbocycles. The predicted molar refractivity (Wildman–Crippen MR) is 80.9 cm³/mol. The molecule has 0 heterocycles. The van der Waals surface area contributed by atoms with Crippen LogP contribution in [0.5, 0.6) is 0 Å². The van der Waals surface area contributed by atoms with Crippen LogP contribution in [0.1, 0.15) is 18.9 Å². The molecule has 1 amide bonds. The fraction of sp³-hybridized carbons (Fsp3) is 0.500. The van der Waals surface area contributed by atoms with Crippen LogP contribution in [0.2, 0.25) is 10.0 Å². The number of halogens is 2. The molecule has 0 fully saturated rings. The Labute approximate surface area is 124 Å². The Hall–Kier alpha value is -0.770. The maximum atomic E-state index is 11.9. The van der Waals surface area contributed by atoms with Crippen molar-refractivity contribution >= 4 is 29.1 Å². The first kappa shape index (κ1) is 16.3. The molecule has 106 valence electrons. The van der Waals surface area contributed by atoms with Gasteiger partial charge in [0.1, 0.15) is 0 Å². The van der Waals surface area contributed by atoms with Gasteiger partial charge in [-0.25, -0.2) is 0 Å². The highest BCUT2D eigenvalue weighted by atomic mass is 35.5. The van der Waals surface area contributed by atoms with Gasteiger partial charge in [-0.15, -0.1) is 0 Å². The number of benzene rings is 1. The van der Waals surface area contributed by atoms with E-state index in [-0.39, 0.29) is 11.8 Å². The van der Waals surface area contributed by atoms with Crippen molar-refractivity contribution in [2.75, 3.05) is 20.1 Å². The lowest BCUT2D eigenvalue weighted by atomic mass is 10.0. The summed E-state index contributed by atoms with van der Waals surface area (Å²) in [5, 5.41) is 7.18. The Morgan fingerprint density at radius 2 is 2.05 bits per heavy atom. The summed E-state index contributed by atoms with van der Waals surface area (Å²) in [4.78, 5) is 11.9. The molecule has 0 aliphatic rings. The van der Waals surface area contributed by atoms with Crippen LogP contribution in [0.25, 0.3) is 0 Å². The van der Waals surface area contributed by atoms with E-state index in [2.05, 4.69) is 10.6 Å². The smallest absolute Gasteiger partial charge is 0.223 e. The second-order valence-electron chi connectivity index (χ2n) is 4.59. The van der Waals surface area contributed by atoms with Crippen LogP contribution >= 0.6 is 23.2 Å². The van der Waals surface area contributed by atoms with Crippen molar-refractivity contribution in [1.29, 1.82) is 0 Å². The topological polar surface area (TPSA) is 41.1 Å². The van der Waals surface area contributed by atoms with Gasteiger partial charge < -0.3 is 10.6 Å². The first-order chi connectivity index (χ1) is 9.04. The van der Waals surface area contributed by atoms with E-state index in [9.17, 15) is 4.79 Å². The molecule has 5 heteroatoms. The maximum absolute atomic E-state index is 11.9. The van der Waals surface area contributed by atoms with Gasteiger partial charge in [-0.05, 0) is 44.1 Å². The fourth-order valence-electron chi connectivity index (χ4n) is 1.76. The lowest BCUT2D eigenvalue weighted by molar-refractivity contribution is -0.124. The van der Waals surface area contributed by atoms with E-state index in [4.69, 9.17) is 23.2 Å². The minimum absolute atomic E-state index is 0.0575. The first-order valence-electron chi connectivity index (χ1n) is 6.41. The molecule has 2 N–H and O–H groups in total. The zero-order valence-corrected chi connectivity index (χ0v) is 12.8. The van der Waals surface area contributed by atoms with Crippen molar-refractivity contribution in [3.8, 4) is 0 Å². The third-order valence-corrected chi connectivity index (χ3v) is 3.48. The van der Waals surface area contributed by atoms with Crippen molar-refractivity contribution in [3.63, 3.8) is 0 Å². The zero-order chi connectivity index (χ0) is 14.3. The molecule has 0 aliphatic heterocycles. The average molecular weight is 303 g/mol. The molecule has 0 aliphatic carbocycles. The van der Waals surface area contributed by atoms with Crippen molar-refractivity contribution in [2.24, 2.45) is 5.92 Å². The molecule has 1 rings (SSSR count). The van der Waals surface area contributed by atoms with Crippen LogP contribution < -0.4 is 10.6 Å². The van der Waals surface area contributed by atoms with Gasteiger partial charge >= 0.3 is 0 Å². The molecule has 1 aromatic carbocycles. The summed E-state index contributed by atoms with van der Waals surface area (Å²) in [6.45, 7) is 3.49. The van der Waals surface area contributed by atoms with E-state index in [1.807, 2.05) is 20.0 Å². The molecular formula is C14H20Cl2N2O. The first-order valence-corrected chi connectivity index (χ1v) is 7.16. The quantitative estimate of drug-likeness (QED) is 0.761. The van der Waals surface area contributed by atoms with Crippen molar-refractivity contribution in [3.05, 3.63) is 33.8 Å². The van der Waals surface area contributed by atoms with E-state index < -0.39 is 0 Å². The van der Waals surface area contributed by atoms with E-state index >= 15 is 0 Å². The number of amides is 1. The number of carbonyl (C=O) groups excluding carboxylic acids is 1. The molecule has 19 heavy (non-hydrogen) atoms. The van der Waals surface area contributed by atoms with Crippen LogP contribution in [-0.4, -0.2) is 26.0 Å². The summed E-state index contributed by atoms with van der Waals surface area (Å²) in [6, 6.07) is 5.37. The third-order valence-electron chi connectivity index (χ3n) is 2.89. The number of nitrogens with one attached hydrogen (secondary N) is 2. The van der Waals surface area contributed by atoms with Crippen LogP contribution in [-0.2, 0) is 11.2 Å². The van der Waals surface area contributed by atoms with E-state index in [1.54, 1.807) is 12.1 Å². The van der Waals surface area contributed by atoms with Crippen LogP contribution in [0.3, 0.4) is 0 Å². The van der Waals surface area contributed by atoms with Gasteiger partial charge in [0.05, 0.1) is 0 Å². The van der Waals surface area contributed by atoms with E-state index in [0.717, 1.165) is 18.5 Å². The highest BCUT2D eigenvalue weighted by Crippen LogP contribution is 2.23. The Morgan fingerprint density at radius 3 is 2.68 bits per heavy atom. The molecule has 0 bridgehead atoms. The maximum Gasteiger partial charge on any atom is 0.223 e. The number of carbonyl (C=O) groups is 1. The summed E-state index contributed by atoms with van der Waals surface area (Å²) in [7, 11) is 1.90. The van der Waals surface area contributed by atoms with Gasteiger partial charge in [0.15, 0.2) is 0 Å². The number of rotatable bonds is 7. The standard InChI is InChI=1S/C14H20Cl2N2O/c1-10(14(19)18-7-3-6-17-2)8-11-4-5-12(15)9-13(11)16/h4-5,9-10,17H,3,6-8H2,1-2H3,(H,18,19). The molecule has 0 aromatic heterocycles. The second-order valence-corrected chi connectivity index (χ2v) is 5.43. The minimum atomic E-state index is -0.103. The Balaban J connectivity index is 2.45. The van der Waals surface area contributed by atoms with Gasteiger partial charge in [-0.1, -0.05) is 36.2 Å². The highest BCUT2D eigenvalue weighted by Gasteiger charge is 2.14. The summed E-state index contributed by atoms with van der Waals surface area (Å²) < 4.78 is 0. The number of hydrogen-bond donors (Lipinski definition) is 2.